The quantitative estimate of drug-likeness (QED) is 0.0200. The number of hydrogen-bond acceptors (Lipinski definition) is 13. The first-order chi connectivity index (χ1) is 49.1. The van der Waals surface area contributed by atoms with Gasteiger partial charge >= 0.3 is 11.2 Å². The predicted molar refractivity (Wildman–Crippen MR) is 398 cm³/mol. The van der Waals surface area contributed by atoms with Crippen LogP contribution in [0.15, 0.2) is 232 Å². The van der Waals surface area contributed by atoms with Crippen LogP contribution in [0.3, 0.4) is 0 Å². The maximum Gasteiger partial charge on any atom is 0.363 e. The van der Waals surface area contributed by atoms with Gasteiger partial charge in [0.2, 0.25) is 0 Å². The standard InChI is InChI=1S/C82H74N6O12S2/c1-7-83(55-35-39-63-69(45-55)99-71-47-57(37-41-65(71)75(63)67-31-15-17-33-73(67)101(93,94)95)85(77-51(3)23-21-24-52(77)4)49-87-79(89)59-27-11-12-28-60(59)80(87)90)43-19-9-10-20-44-84(8-2)56-36-40-64-70(46-56)100-72-48-58(38-42-66(72)76(64)68-32-16-18-34-74(68)102(96,97)98)86(78-53(5)25-22-26-54(78)6)50-88-81(91)61-29-13-14-30-62(61)82(88)92/h11-18,21-42,45-48,71H,7-10,19-20,43-44,49-50H2,1-6H3,(H-,93,94,95,96,97,98)/p+1. The molecule has 0 saturated carbocycles. The maximum atomic E-state index is 14.0. The number of amides is 4. The van der Waals surface area contributed by atoms with Crippen molar-refractivity contribution in [1.29, 1.82) is 0 Å². The fourth-order valence-corrected chi connectivity index (χ4v) is 16.3. The molecule has 1 aromatic heterocycles. The van der Waals surface area contributed by atoms with Gasteiger partial charge in [0.15, 0.2) is 0 Å². The highest BCUT2D eigenvalue weighted by molar-refractivity contribution is 7.86. The van der Waals surface area contributed by atoms with Crippen molar-refractivity contribution in [3.8, 4) is 16.9 Å². The molecule has 2 N–H and O–H groups in total. The van der Waals surface area contributed by atoms with E-state index in [-0.39, 0.29) is 28.7 Å². The van der Waals surface area contributed by atoms with Crippen LogP contribution in [0.2, 0.25) is 0 Å². The minimum atomic E-state index is -4.71. The number of unbranched alkanes of at least 4 members (excludes halogenated alkanes) is 3. The molecule has 14 rings (SSSR count). The number of para-hydroxylation sites is 2. The Hall–Kier alpha value is -11.0. The van der Waals surface area contributed by atoms with Crippen molar-refractivity contribution in [3.63, 3.8) is 0 Å². The van der Waals surface area contributed by atoms with E-state index in [9.17, 15) is 45.1 Å². The van der Waals surface area contributed by atoms with Crippen LogP contribution in [0, 0.1) is 27.7 Å². The molecular weight excluding hydrogens is 1330 g/mol. The fraction of sp³-hybridized carbons (Fsp3) is 0.207. The molecule has 10 aromatic rings. The Morgan fingerprint density at radius 2 is 0.873 bits per heavy atom. The van der Waals surface area contributed by atoms with E-state index in [2.05, 4.69) is 23.6 Å². The number of carbonyl (C=O) groups excluding carboxylic acids is 4. The van der Waals surface area contributed by atoms with Gasteiger partial charge in [-0.05, 0) is 162 Å². The lowest BCUT2D eigenvalue weighted by atomic mass is 9.85. The molecule has 0 bridgehead atoms. The average molecular weight is 1400 g/mol. The second-order valence-electron chi connectivity index (χ2n) is 26.1. The van der Waals surface area contributed by atoms with Crippen LogP contribution in [-0.4, -0.2) is 105 Å². The van der Waals surface area contributed by atoms with Gasteiger partial charge in [0.25, 0.3) is 43.9 Å². The van der Waals surface area contributed by atoms with Gasteiger partial charge in [-0.3, -0.25) is 38.1 Å². The maximum absolute atomic E-state index is 14.0. The molecule has 20 heteroatoms. The van der Waals surface area contributed by atoms with Crippen LogP contribution < -0.4 is 24.3 Å². The number of allylic oxidation sites excluding steroid dienone is 1. The summed E-state index contributed by atoms with van der Waals surface area (Å²) in [5, 5.41) is 1.18. The summed E-state index contributed by atoms with van der Waals surface area (Å²) < 4.78 is 87.9. The van der Waals surface area contributed by atoms with Gasteiger partial charge in [0.05, 0.1) is 50.8 Å². The normalized spacial score (nSPS) is 14.8. The first kappa shape index (κ1) is 68.1. The van der Waals surface area contributed by atoms with E-state index in [0.29, 0.717) is 102 Å². The lowest BCUT2D eigenvalue weighted by Crippen LogP contribution is -2.42. The van der Waals surface area contributed by atoms with Crippen molar-refractivity contribution in [2.75, 3.05) is 59.1 Å². The Balaban J connectivity index is 0.719. The van der Waals surface area contributed by atoms with E-state index in [0.717, 1.165) is 83.8 Å². The Labute approximate surface area is 592 Å². The second-order valence-corrected chi connectivity index (χ2v) is 28.9. The molecule has 0 radical (unpaired) electrons. The summed E-state index contributed by atoms with van der Waals surface area (Å²) in [6.45, 7) is 14.7. The molecule has 0 saturated heterocycles. The van der Waals surface area contributed by atoms with Crippen molar-refractivity contribution in [3.05, 3.63) is 273 Å². The average Bonchev–Trinajstić information content (AvgIpc) is 0.972. The van der Waals surface area contributed by atoms with Crippen molar-refractivity contribution in [2.24, 2.45) is 0 Å². The zero-order valence-corrected chi connectivity index (χ0v) is 58.9. The van der Waals surface area contributed by atoms with Crippen LogP contribution in [0.4, 0.5) is 28.4 Å². The smallest absolute Gasteiger partial charge is 0.363 e. The zero-order chi connectivity index (χ0) is 71.5. The van der Waals surface area contributed by atoms with Gasteiger partial charge in [-0.15, -0.1) is 0 Å². The van der Waals surface area contributed by atoms with E-state index in [1.807, 2.05) is 147 Å². The topological polar surface area (TPSA) is 217 Å². The largest absolute Gasteiger partial charge is 0.481 e. The zero-order valence-electron chi connectivity index (χ0n) is 57.3. The first-order valence-electron chi connectivity index (χ1n) is 34.1. The molecule has 1 aliphatic carbocycles. The van der Waals surface area contributed by atoms with E-state index < -0.39 is 50.0 Å². The van der Waals surface area contributed by atoms with Gasteiger partial charge in [-0.1, -0.05) is 116 Å². The minimum absolute atomic E-state index is 0.101. The highest BCUT2D eigenvalue weighted by Gasteiger charge is 2.41. The van der Waals surface area contributed by atoms with E-state index in [1.165, 1.54) is 21.9 Å². The molecular formula is C82H75N6O12S2+. The molecule has 516 valence electrons. The molecule has 3 aliphatic heterocycles. The number of ether oxygens (including phenoxy) is 1. The van der Waals surface area contributed by atoms with Crippen LogP contribution in [0.1, 0.15) is 114 Å². The summed E-state index contributed by atoms with van der Waals surface area (Å²) in [6.07, 6.45) is 8.48. The third kappa shape index (κ3) is 12.6. The van der Waals surface area contributed by atoms with Crippen LogP contribution in [0.5, 0.6) is 5.75 Å². The molecule has 1 atom stereocenters. The Kier molecular flexibility index (Phi) is 18.4. The summed E-state index contributed by atoms with van der Waals surface area (Å²) in [4.78, 5) is 66.2. The number of aryl methyl sites for hydroxylation is 4. The van der Waals surface area contributed by atoms with Crippen LogP contribution in [0.25, 0.3) is 38.6 Å². The molecule has 0 spiro atoms. The van der Waals surface area contributed by atoms with Gasteiger partial charge in [-0.2, -0.15) is 16.8 Å². The first-order valence-corrected chi connectivity index (χ1v) is 37.0. The number of anilines is 5. The molecule has 18 nitrogen and oxygen atoms in total. The minimum Gasteiger partial charge on any atom is -0.481 e. The summed E-state index contributed by atoms with van der Waals surface area (Å²) in [7, 11) is -9.41. The number of nitrogens with zero attached hydrogens (tertiary/aromatic N) is 6. The Morgan fingerprint density at radius 1 is 0.451 bits per heavy atom. The highest BCUT2D eigenvalue weighted by atomic mass is 32.2. The van der Waals surface area contributed by atoms with Crippen molar-refractivity contribution >= 4 is 99.8 Å². The molecule has 102 heavy (non-hydrogen) atoms. The Morgan fingerprint density at radius 3 is 1.37 bits per heavy atom. The van der Waals surface area contributed by atoms with E-state index in [1.54, 1.807) is 84.9 Å². The predicted octanol–water partition coefficient (Wildman–Crippen LogP) is 16.3. The summed E-state index contributed by atoms with van der Waals surface area (Å²) in [6, 6.07) is 55.5. The number of hydrogen-bond donors (Lipinski definition) is 2. The van der Waals surface area contributed by atoms with Crippen LogP contribution in [-0.2, 0) is 20.2 Å². The summed E-state index contributed by atoms with van der Waals surface area (Å²) in [5.74, 6) is -1.11. The van der Waals surface area contributed by atoms with Crippen molar-refractivity contribution in [2.45, 2.75) is 83.1 Å². The third-order valence-electron chi connectivity index (χ3n) is 19.9. The number of imide groups is 2. The fourth-order valence-electron chi connectivity index (χ4n) is 14.9. The highest BCUT2D eigenvalue weighted by Crippen LogP contribution is 2.48. The molecule has 4 aliphatic rings. The number of carbonyl (C=O) groups is 4. The number of fused-ring (bicyclic) bond motifs is 6. The molecule has 1 unspecified atom stereocenters. The Bertz CT molecular complexity index is 5360. The van der Waals surface area contributed by atoms with Gasteiger partial charge in [-0.25, -0.2) is 4.42 Å². The van der Waals surface area contributed by atoms with Gasteiger partial charge < -0.3 is 24.3 Å². The summed E-state index contributed by atoms with van der Waals surface area (Å²) >= 11 is 0. The lowest BCUT2D eigenvalue weighted by molar-refractivity contribution is 0.0642. The number of benzene rings is 9. The number of rotatable bonds is 23. The van der Waals surface area contributed by atoms with Gasteiger partial charge in [0.1, 0.15) is 35.0 Å². The lowest BCUT2D eigenvalue weighted by Gasteiger charge is -2.36. The van der Waals surface area contributed by atoms with Crippen LogP contribution >= 0.6 is 0 Å². The van der Waals surface area contributed by atoms with E-state index in [4.69, 9.17) is 9.15 Å². The molecule has 4 heterocycles. The molecule has 0 fully saturated rings. The monoisotopic (exact) mass is 1400 g/mol. The van der Waals surface area contributed by atoms with Gasteiger partial charge in [0, 0.05) is 94.1 Å². The molecule has 4 amide bonds. The van der Waals surface area contributed by atoms with E-state index >= 15 is 0 Å². The van der Waals surface area contributed by atoms with Crippen molar-refractivity contribution < 1.29 is 54.3 Å². The summed E-state index contributed by atoms with van der Waals surface area (Å²) in [5.41, 5.74) is 13.4. The molecule has 9 aromatic carbocycles. The van der Waals surface area contributed by atoms with Crippen molar-refractivity contribution in [1.82, 2.24) is 9.80 Å². The third-order valence-corrected chi connectivity index (χ3v) is 21.7. The SMILES string of the molecule is CCN(CCCCCCN(CC)c1ccc2c(-c3ccccc3S(=O)(=O)O)c3ccc(N(CN4C(=O)c5ccccc5C4=O)c4c(C)cccc4C)cc3[o+]c2c1)c1ccc2c(c1)OC1C=C(N(CN3C(=O)c4ccccc4C3=O)c3c(C)cccc3C)C=CC1=C2c1ccccc1S(=O)(=O)O. The second kappa shape index (κ2) is 27.5.